The lowest BCUT2D eigenvalue weighted by atomic mass is 9.83. The van der Waals surface area contributed by atoms with Gasteiger partial charge in [0.2, 0.25) is 0 Å². The van der Waals surface area contributed by atoms with E-state index in [1.165, 1.54) is 43.5 Å². The van der Waals surface area contributed by atoms with Crippen LogP contribution >= 0.6 is 11.6 Å². The minimum absolute atomic E-state index is 0.0545. The standard InChI is InChI=1S/C27H27ClF2NO2S/c1-19(25-10-6-5-9-21(25)17-20-7-3-2-4-8-20)31(27-18-23(29)13-16-26(27)30)34(32,33)24-14-11-22(28)12-15-24/h5-6,9-20H,2-4,7-8H2,1H3/t19-/m1/s1. The summed E-state index contributed by atoms with van der Waals surface area (Å²) in [4.78, 5) is -0.0545. The maximum atomic E-state index is 15.0. The summed E-state index contributed by atoms with van der Waals surface area (Å²) in [5, 5.41) is 0.378. The number of nitrogens with zero attached hydrogens (tertiary/aromatic N) is 1. The van der Waals surface area contributed by atoms with Crippen LogP contribution in [0.3, 0.4) is 0 Å². The van der Waals surface area contributed by atoms with Crippen LogP contribution in [-0.2, 0) is 10.0 Å². The van der Waals surface area contributed by atoms with Crippen LogP contribution in [0.4, 0.5) is 14.5 Å². The molecule has 1 fully saturated rings. The van der Waals surface area contributed by atoms with Gasteiger partial charge in [-0.3, -0.25) is 4.31 Å². The largest absolute Gasteiger partial charge is 0.264 e. The second-order valence-electron chi connectivity index (χ2n) is 8.72. The number of hydrogen-bond acceptors (Lipinski definition) is 2. The molecule has 3 aromatic rings. The summed E-state index contributed by atoms with van der Waals surface area (Å²) in [6.45, 7) is 1.70. The predicted octanol–water partition coefficient (Wildman–Crippen LogP) is 7.71. The second kappa shape index (κ2) is 10.4. The minimum Gasteiger partial charge on any atom is -0.256 e. The molecule has 1 atom stereocenters. The van der Waals surface area contributed by atoms with Gasteiger partial charge in [-0.25, -0.2) is 17.2 Å². The van der Waals surface area contributed by atoms with Crippen LogP contribution in [0.25, 0.3) is 0 Å². The van der Waals surface area contributed by atoms with Gasteiger partial charge >= 0.3 is 0 Å². The van der Waals surface area contributed by atoms with Gasteiger partial charge in [-0.1, -0.05) is 55.1 Å². The number of rotatable bonds is 7. The van der Waals surface area contributed by atoms with Gasteiger partial charge < -0.3 is 0 Å². The number of sulfonamides is 1. The average molecular weight is 503 g/mol. The zero-order chi connectivity index (χ0) is 24.3. The Labute approximate surface area is 205 Å². The van der Waals surface area contributed by atoms with Gasteiger partial charge in [-0.05, 0) is 79.6 Å². The van der Waals surface area contributed by atoms with Gasteiger partial charge in [0, 0.05) is 11.1 Å². The van der Waals surface area contributed by atoms with Crippen molar-refractivity contribution in [2.45, 2.75) is 50.0 Å². The van der Waals surface area contributed by atoms with Crippen LogP contribution in [-0.4, -0.2) is 8.42 Å². The van der Waals surface area contributed by atoms with E-state index in [-0.39, 0.29) is 10.6 Å². The molecule has 1 aliphatic carbocycles. The maximum absolute atomic E-state index is 15.0. The molecule has 0 spiro atoms. The van der Waals surface area contributed by atoms with E-state index in [9.17, 15) is 17.2 Å². The number of halogens is 3. The Kier molecular flexibility index (Phi) is 7.58. The van der Waals surface area contributed by atoms with E-state index in [0.29, 0.717) is 10.9 Å². The zero-order valence-corrected chi connectivity index (χ0v) is 20.5. The molecule has 0 saturated heterocycles. The summed E-state index contributed by atoms with van der Waals surface area (Å²) in [5.74, 6) is -1.13. The molecule has 34 heavy (non-hydrogen) atoms. The van der Waals surface area contributed by atoms with E-state index in [1.807, 2.05) is 24.3 Å². The summed E-state index contributed by atoms with van der Waals surface area (Å²) >= 11 is 5.95. The molecular weight excluding hydrogens is 476 g/mol. The van der Waals surface area contributed by atoms with Crippen molar-refractivity contribution in [2.75, 3.05) is 4.31 Å². The first-order valence-corrected chi connectivity index (χ1v) is 13.3. The molecule has 1 radical (unpaired) electrons. The first kappa shape index (κ1) is 24.7. The Bertz CT molecular complexity index is 1240. The van der Waals surface area contributed by atoms with E-state index in [4.69, 9.17) is 11.6 Å². The van der Waals surface area contributed by atoms with E-state index in [2.05, 4.69) is 6.42 Å². The average Bonchev–Trinajstić information content (AvgIpc) is 2.82. The lowest BCUT2D eigenvalue weighted by Crippen LogP contribution is -2.35. The SMILES string of the molecule is C[C@H](c1ccccc1[CH]C1CCCCC1)N(c1cc(F)ccc1F)S(=O)(=O)c1ccc(Cl)cc1. The molecule has 3 aromatic carbocycles. The number of hydrogen-bond donors (Lipinski definition) is 0. The number of anilines is 1. The lowest BCUT2D eigenvalue weighted by Gasteiger charge is -2.33. The minimum atomic E-state index is -4.25. The Balaban J connectivity index is 1.81. The Morgan fingerprint density at radius 3 is 2.35 bits per heavy atom. The third kappa shape index (κ3) is 5.28. The Morgan fingerprint density at radius 2 is 1.65 bits per heavy atom. The van der Waals surface area contributed by atoms with Gasteiger partial charge in [0.1, 0.15) is 11.6 Å². The molecule has 0 amide bonds. The van der Waals surface area contributed by atoms with Crippen molar-refractivity contribution in [2.24, 2.45) is 5.92 Å². The van der Waals surface area contributed by atoms with Crippen LogP contribution in [0, 0.1) is 24.0 Å². The zero-order valence-electron chi connectivity index (χ0n) is 18.9. The molecular formula is C27H27ClF2NO2S. The summed E-state index contributed by atoms with van der Waals surface area (Å²) < 4.78 is 57.8. The summed E-state index contributed by atoms with van der Waals surface area (Å²) in [5.41, 5.74) is 1.30. The van der Waals surface area contributed by atoms with Gasteiger partial charge in [-0.2, -0.15) is 0 Å². The highest BCUT2D eigenvalue weighted by Crippen LogP contribution is 2.38. The van der Waals surface area contributed by atoms with Gasteiger partial charge in [0.25, 0.3) is 10.0 Å². The molecule has 0 unspecified atom stereocenters. The van der Waals surface area contributed by atoms with E-state index < -0.39 is 27.7 Å². The second-order valence-corrected chi connectivity index (χ2v) is 11.0. The van der Waals surface area contributed by atoms with Crippen LogP contribution in [0.15, 0.2) is 71.6 Å². The highest BCUT2D eigenvalue weighted by Gasteiger charge is 2.34. The summed E-state index contributed by atoms with van der Waals surface area (Å²) in [7, 11) is -4.25. The van der Waals surface area contributed by atoms with Crippen LogP contribution in [0.1, 0.15) is 56.2 Å². The Morgan fingerprint density at radius 1 is 0.971 bits per heavy atom. The fourth-order valence-electron chi connectivity index (χ4n) is 4.65. The van der Waals surface area contributed by atoms with Crippen molar-refractivity contribution in [1.82, 2.24) is 0 Å². The van der Waals surface area contributed by atoms with Crippen LogP contribution in [0.2, 0.25) is 5.02 Å². The highest BCUT2D eigenvalue weighted by molar-refractivity contribution is 7.92. The molecule has 0 heterocycles. The molecule has 0 aromatic heterocycles. The monoisotopic (exact) mass is 502 g/mol. The lowest BCUT2D eigenvalue weighted by molar-refractivity contribution is 0.402. The molecule has 4 rings (SSSR count). The topological polar surface area (TPSA) is 37.4 Å². The molecule has 0 aliphatic heterocycles. The predicted molar refractivity (Wildman–Crippen MR) is 132 cm³/mol. The first-order valence-electron chi connectivity index (χ1n) is 11.5. The van der Waals surface area contributed by atoms with E-state index in [1.54, 1.807) is 6.92 Å². The number of benzene rings is 3. The molecule has 7 heteroatoms. The normalized spacial score (nSPS) is 15.8. The first-order chi connectivity index (χ1) is 16.3. The molecule has 1 saturated carbocycles. The fourth-order valence-corrected chi connectivity index (χ4v) is 6.41. The van der Waals surface area contributed by atoms with E-state index in [0.717, 1.165) is 46.5 Å². The quantitative estimate of drug-likeness (QED) is 0.332. The molecule has 0 bridgehead atoms. The third-order valence-electron chi connectivity index (χ3n) is 6.38. The molecule has 1 aliphatic rings. The van der Waals surface area contributed by atoms with Crippen molar-refractivity contribution < 1.29 is 17.2 Å². The van der Waals surface area contributed by atoms with Crippen LogP contribution in [0.5, 0.6) is 0 Å². The van der Waals surface area contributed by atoms with Crippen molar-refractivity contribution in [3.63, 3.8) is 0 Å². The highest BCUT2D eigenvalue weighted by atomic mass is 35.5. The van der Waals surface area contributed by atoms with E-state index >= 15 is 0 Å². The molecule has 3 nitrogen and oxygen atoms in total. The summed E-state index contributed by atoms with van der Waals surface area (Å²) in [6.07, 6.45) is 7.95. The van der Waals surface area contributed by atoms with Crippen molar-refractivity contribution >= 4 is 27.3 Å². The van der Waals surface area contributed by atoms with Gasteiger partial charge in [0.05, 0.1) is 16.6 Å². The summed E-state index contributed by atoms with van der Waals surface area (Å²) in [6, 6.07) is 15.3. The third-order valence-corrected chi connectivity index (χ3v) is 8.53. The molecule has 179 valence electrons. The smallest absolute Gasteiger partial charge is 0.256 e. The van der Waals surface area contributed by atoms with Gasteiger partial charge in [0.15, 0.2) is 0 Å². The van der Waals surface area contributed by atoms with Crippen LogP contribution < -0.4 is 4.31 Å². The van der Waals surface area contributed by atoms with Crippen molar-refractivity contribution in [3.05, 3.63) is 101 Å². The Hall–Kier alpha value is -2.44. The fraction of sp³-hybridized carbons (Fsp3) is 0.296. The van der Waals surface area contributed by atoms with Gasteiger partial charge in [-0.15, -0.1) is 0 Å². The van der Waals surface area contributed by atoms with Crippen molar-refractivity contribution in [3.8, 4) is 0 Å². The van der Waals surface area contributed by atoms with Crippen molar-refractivity contribution in [1.29, 1.82) is 0 Å². The maximum Gasteiger partial charge on any atom is 0.264 e. The molecule has 0 N–H and O–H groups in total.